The summed E-state index contributed by atoms with van der Waals surface area (Å²) in [5, 5.41) is 8.96. The van der Waals surface area contributed by atoms with Gasteiger partial charge in [0, 0.05) is 23.0 Å². The lowest BCUT2D eigenvalue weighted by atomic mass is 10.2. The van der Waals surface area contributed by atoms with Crippen LogP contribution in [0.25, 0.3) is 0 Å². The summed E-state index contributed by atoms with van der Waals surface area (Å²) in [4.78, 5) is 9.46. The van der Waals surface area contributed by atoms with E-state index >= 15 is 0 Å². The number of nitrogens with zero attached hydrogens (tertiary/aromatic N) is 3. The second kappa shape index (κ2) is 5.46. The number of thioether (sulfide) groups is 1. The molecule has 0 aliphatic carbocycles. The number of rotatable bonds is 3. The standard InChI is InChI=1S/C13H11N3S/c1-10-7-16-12(8-15-10)9-17-13-5-3-2-4-11(13)6-14/h2-5,7-8H,9H2,1H3. The largest absolute Gasteiger partial charge is 0.258 e. The molecule has 1 aromatic heterocycles. The Morgan fingerprint density at radius 2 is 2.06 bits per heavy atom. The first-order valence-electron chi connectivity index (χ1n) is 5.19. The van der Waals surface area contributed by atoms with Crippen molar-refractivity contribution in [3.63, 3.8) is 0 Å². The van der Waals surface area contributed by atoms with Crippen molar-refractivity contribution in [3.8, 4) is 6.07 Å². The zero-order valence-corrected chi connectivity index (χ0v) is 10.2. The highest BCUT2D eigenvalue weighted by Gasteiger charge is 2.02. The van der Waals surface area contributed by atoms with Gasteiger partial charge in [0.2, 0.25) is 0 Å². The molecule has 84 valence electrons. The zero-order chi connectivity index (χ0) is 12.1. The summed E-state index contributed by atoms with van der Waals surface area (Å²) < 4.78 is 0. The van der Waals surface area contributed by atoms with Crippen LogP contribution in [0.2, 0.25) is 0 Å². The minimum atomic E-state index is 0.706. The third-order valence-electron chi connectivity index (χ3n) is 2.22. The number of benzene rings is 1. The van der Waals surface area contributed by atoms with Crippen LogP contribution in [0.4, 0.5) is 0 Å². The summed E-state index contributed by atoms with van der Waals surface area (Å²) in [6.07, 6.45) is 3.53. The molecule has 2 aromatic rings. The molecule has 3 nitrogen and oxygen atoms in total. The minimum Gasteiger partial charge on any atom is -0.258 e. The van der Waals surface area contributed by atoms with Crippen LogP contribution in [0.3, 0.4) is 0 Å². The number of hydrogen-bond acceptors (Lipinski definition) is 4. The molecular weight excluding hydrogens is 230 g/mol. The molecule has 1 aromatic carbocycles. The lowest BCUT2D eigenvalue weighted by molar-refractivity contribution is 1.05. The van der Waals surface area contributed by atoms with Crippen molar-refractivity contribution in [1.29, 1.82) is 5.26 Å². The van der Waals surface area contributed by atoms with Crippen molar-refractivity contribution in [1.82, 2.24) is 9.97 Å². The molecule has 0 fully saturated rings. The Bertz CT molecular complexity index is 543. The van der Waals surface area contributed by atoms with E-state index < -0.39 is 0 Å². The van der Waals surface area contributed by atoms with Crippen molar-refractivity contribution in [2.24, 2.45) is 0 Å². The van der Waals surface area contributed by atoms with E-state index in [0.717, 1.165) is 22.0 Å². The molecule has 0 saturated carbocycles. The molecule has 17 heavy (non-hydrogen) atoms. The summed E-state index contributed by atoms with van der Waals surface area (Å²) >= 11 is 1.61. The van der Waals surface area contributed by atoms with Gasteiger partial charge in [0.15, 0.2) is 0 Å². The van der Waals surface area contributed by atoms with Gasteiger partial charge in [-0.25, -0.2) is 0 Å². The molecule has 4 heteroatoms. The molecule has 0 saturated heterocycles. The second-order valence-electron chi connectivity index (χ2n) is 3.55. The first kappa shape index (κ1) is 11.6. The van der Waals surface area contributed by atoms with E-state index in [1.165, 1.54) is 0 Å². The number of aromatic nitrogens is 2. The quantitative estimate of drug-likeness (QED) is 0.775. The fraction of sp³-hybridized carbons (Fsp3) is 0.154. The van der Waals surface area contributed by atoms with E-state index in [1.807, 2.05) is 31.2 Å². The molecule has 0 aliphatic rings. The lowest BCUT2D eigenvalue weighted by Crippen LogP contribution is -1.91. The Morgan fingerprint density at radius 3 is 2.76 bits per heavy atom. The van der Waals surface area contributed by atoms with Crippen LogP contribution < -0.4 is 0 Å². The maximum Gasteiger partial charge on any atom is 0.100 e. The Morgan fingerprint density at radius 1 is 1.24 bits per heavy atom. The first-order valence-corrected chi connectivity index (χ1v) is 6.17. The van der Waals surface area contributed by atoms with Crippen LogP contribution >= 0.6 is 11.8 Å². The number of hydrogen-bond donors (Lipinski definition) is 0. The fourth-order valence-corrected chi connectivity index (χ4v) is 2.23. The predicted molar refractivity (Wildman–Crippen MR) is 67.5 cm³/mol. The number of nitriles is 1. The van der Waals surface area contributed by atoms with Crippen molar-refractivity contribution in [2.75, 3.05) is 0 Å². The van der Waals surface area contributed by atoms with E-state index in [1.54, 1.807) is 24.2 Å². The summed E-state index contributed by atoms with van der Waals surface area (Å²) in [6.45, 7) is 1.91. The summed E-state index contributed by atoms with van der Waals surface area (Å²) in [6, 6.07) is 9.76. The monoisotopic (exact) mass is 241 g/mol. The third kappa shape index (κ3) is 3.05. The Labute approximate surface area is 105 Å². The highest BCUT2D eigenvalue weighted by atomic mass is 32.2. The van der Waals surface area contributed by atoms with Crippen LogP contribution in [0.5, 0.6) is 0 Å². The maximum atomic E-state index is 8.96. The van der Waals surface area contributed by atoms with Crippen LogP contribution in [-0.2, 0) is 5.75 Å². The normalized spacial score (nSPS) is 9.88. The van der Waals surface area contributed by atoms with E-state index in [9.17, 15) is 0 Å². The minimum absolute atomic E-state index is 0.706. The first-order chi connectivity index (χ1) is 8.29. The molecule has 2 rings (SSSR count). The fourth-order valence-electron chi connectivity index (χ4n) is 1.33. The van der Waals surface area contributed by atoms with Gasteiger partial charge in [0.05, 0.1) is 17.0 Å². The molecule has 0 spiro atoms. The lowest BCUT2D eigenvalue weighted by Gasteiger charge is -2.03. The van der Waals surface area contributed by atoms with Gasteiger partial charge in [-0.05, 0) is 19.1 Å². The molecule has 1 heterocycles. The summed E-state index contributed by atoms with van der Waals surface area (Å²) in [7, 11) is 0. The Hall–Kier alpha value is -1.86. The second-order valence-corrected chi connectivity index (χ2v) is 4.56. The molecule has 0 amide bonds. The van der Waals surface area contributed by atoms with Gasteiger partial charge in [-0.2, -0.15) is 5.26 Å². The molecule has 0 radical (unpaired) electrons. The predicted octanol–water partition coefficient (Wildman–Crippen LogP) is 2.95. The molecule has 0 unspecified atom stereocenters. The molecule has 0 bridgehead atoms. The van der Waals surface area contributed by atoms with Crippen molar-refractivity contribution < 1.29 is 0 Å². The average molecular weight is 241 g/mol. The molecule has 0 aliphatic heterocycles. The molecular formula is C13H11N3S. The van der Waals surface area contributed by atoms with Crippen molar-refractivity contribution in [3.05, 3.63) is 53.6 Å². The number of aryl methyl sites for hydroxylation is 1. The van der Waals surface area contributed by atoms with Crippen LogP contribution in [-0.4, -0.2) is 9.97 Å². The van der Waals surface area contributed by atoms with Gasteiger partial charge >= 0.3 is 0 Å². The molecule has 0 atom stereocenters. The highest BCUT2D eigenvalue weighted by molar-refractivity contribution is 7.98. The highest BCUT2D eigenvalue weighted by Crippen LogP contribution is 2.24. The van der Waals surface area contributed by atoms with E-state index in [2.05, 4.69) is 16.0 Å². The van der Waals surface area contributed by atoms with Gasteiger partial charge in [0.1, 0.15) is 6.07 Å². The van der Waals surface area contributed by atoms with Crippen LogP contribution in [0, 0.1) is 18.3 Å². The van der Waals surface area contributed by atoms with Crippen molar-refractivity contribution in [2.45, 2.75) is 17.6 Å². The van der Waals surface area contributed by atoms with Gasteiger partial charge in [-0.1, -0.05) is 12.1 Å². The smallest absolute Gasteiger partial charge is 0.100 e. The van der Waals surface area contributed by atoms with E-state index in [4.69, 9.17) is 5.26 Å². The zero-order valence-electron chi connectivity index (χ0n) is 9.42. The van der Waals surface area contributed by atoms with Crippen LogP contribution in [0.1, 0.15) is 17.0 Å². The van der Waals surface area contributed by atoms with Gasteiger partial charge in [-0.15, -0.1) is 11.8 Å². The van der Waals surface area contributed by atoms with Crippen molar-refractivity contribution >= 4 is 11.8 Å². The van der Waals surface area contributed by atoms with E-state index in [0.29, 0.717) is 5.56 Å². The van der Waals surface area contributed by atoms with Gasteiger partial charge in [-0.3, -0.25) is 9.97 Å². The maximum absolute atomic E-state index is 8.96. The SMILES string of the molecule is Cc1cnc(CSc2ccccc2C#N)cn1. The summed E-state index contributed by atoms with van der Waals surface area (Å²) in [5.41, 5.74) is 2.54. The summed E-state index contributed by atoms with van der Waals surface area (Å²) in [5.74, 6) is 0.728. The molecule has 0 N–H and O–H groups in total. The Kier molecular flexibility index (Phi) is 3.73. The van der Waals surface area contributed by atoms with Gasteiger partial charge in [0.25, 0.3) is 0 Å². The topological polar surface area (TPSA) is 49.6 Å². The Balaban J connectivity index is 2.08. The third-order valence-corrected chi connectivity index (χ3v) is 3.32. The average Bonchev–Trinajstić information content (AvgIpc) is 2.38. The van der Waals surface area contributed by atoms with E-state index in [-0.39, 0.29) is 0 Å². The van der Waals surface area contributed by atoms with Gasteiger partial charge < -0.3 is 0 Å². The van der Waals surface area contributed by atoms with Crippen LogP contribution in [0.15, 0.2) is 41.6 Å².